The molecular formula is C11H22N2. The van der Waals surface area contributed by atoms with E-state index in [2.05, 4.69) is 23.6 Å². The van der Waals surface area contributed by atoms with Crippen LogP contribution in [0.25, 0.3) is 0 Å². The molecule has 0 atom stereocenters. The van der Waals surface area contributed by atoms with E-state index in [9.17, 15) is 0 Å². The van der Waals surface area contributed by atoms with Gasteiger partial charge >= 0.3 is 0 Å². The van der Waals surface area contributed by atoms with E-state index in [4.69, 9.17) is 0 Å². The van der Waals surface area contributed by atoms with Gasteiger partial charge in [0.05, 0.1) is 0 Å². The molecule has 76 valence electrons. The van der Waals surface area contributed by atoms with Crippen molar-refractivity contribution in [1.82, 2.24) is 9.80 Å². The number of hydrogen-bond donors (Lipinski definition) is 0. The van der Waals surface area contributed by atoms with Crippen molar-refractivity contribution in [3.05, 3.63) is 0 Å². The molecule has 0 aromatic heterocycles. The predicted octanol–water partition coefficient (Wildman–Crippen LogP) is 1.56. The van der Waals surface area contributed by atoms with Crippen LogP contribution in [0.4, 0.5) is 0 Å². The SMILES string of the molecule is CC(C)N1CCCN(C2CC2)CC1. The van der Waals surface area contributed by atoms with Gasteiger partial charge in [0.1, 0.15) is 0 Å². The van der Waals surface area contributed by atoms with Crippen LogP contribution in [-0.2, 0) is 0 Å². The van der Waals surface area contributed by atoms with Gasteiger partial charge in [0.2, 0.25) is 0 Å². The van der Waals surface area contributed by atoms with E-state index < -0.39 is 0 Å². The standard InChI is InChI=1S/C11H22N2/c1-10(2)12-6-3-7-13(9-8-12)11-4-5-11/h10-11H,3-9H2,1-2H3. The van der Waals surface area contributed by atoms with E-state index in [1.165, 1.54) is 45.4 Å². The molecule has 1 saturated carbocycles. The van der Waals surface area contributed by atoms with E-state index in [1.54, 1.807) is 0 Å². The van der Waals surface area contributed by atoms with Crippen LogP contribution in [0.15, 0.2) is 0 Å². The maximum Gasteiger partial charge on any atom is 0.0112 e. The van der Waals surface area contributed by atoms with Gasteiger partial charge in [-0.25, -0.2) is 0 Å². The van der Waals surface area contributed by atoms with Gasteiger partial charge in [0.15, 0.2) is 0 Å². The third-order valence-corrected chi connectivity index (χ3v) is 3.36. The third kappa shape index (κ3) is 2.44. The van der Waals surface area contributed by atoms with Gasteiger partial charge in [-0.3, -0.25) is 9.80 Å². The van der Waals surface area contributed by atoms with Crippen molar-refractivity contribution in [2.75, 3.05) is 26.2 Å². The second kappa shape index (κ2) is 3.97. The summed E-state index contributed by atoms with van der Waals surface area (Å²) in [6.07, 6.45) is 4.29. The Kier molecular flexibility index (Phi) is 2.89. The molecule has 0 radical (unpaired) electrons. The van der Waals surface area contributed by atoms with Crippen molar-refractivity contribution in [2.24, 2.45) is 0 Å². The Bertz CT molecular complexity index is 153. The highest BCUT2D eigenvalue weighted by Crippen LogP contribution is 2.27. The Morgan fingerprint density at radius 3 is 2.38 bits per heavy atom. The number of hydrogen-bond acceptors (Lipinski definition) is 2. The molecule has 2 fully saturated rings. The molecule has 0 amide bonds. The highest BCUT2D eigenvalue weighted by molar-refractivity contribution is 4.86. The first kappa shape index (κ1) is 9.47. The molecule has 0 unspecified atom stereocenters. The van der Waals surface area contributed by atoms with Crippen molar-refractivity contribution in [3.8, 4) is 0 Å². The van der Waals surface area contributed by atoms with E-state index in [0.29, 0.717) is 0 Å². The molecule has 1 heterocycles. The van der Waals surface area contributed by atoms with Gasteiger partial charge in [-0.2, -0.15) is 0 Å². The summed E-state index contributed by atoms with van der Waals surface area (Å²) >= 11 is 0. The fraction of sp³-hybridized carbons (Fsp3) is 1.00. The largest absolute Gasteiger partial charge is 0.300 e. The van der Waals surface area contributed by atoms with Crippen molar-refractivity contribution < 1.29 is 0 Å². The van der Waals surface area contributed by atoms with Crippen LogP contribution in [0, 0.1) is 0 Å². The quantitative estimate of drug-likeness (QED) is 0.639. The minimum atomic E-state index is 0.735. The average Bonchev–Trinajstić information content (AvgIpc) is 2.91. The van der Waals surface area contributed by atoms with E-state index in [1.807, 2.05) is 0 Å². The molecule has 0 bridgehead atoms. The Labute approximate surface area is 81.9 Å². The molecule has 2 nitrogen and oxygen atoms in total. The third-order valence-electron chi connectivity index (χ3n) is 3.36. The monoisotopic (exact) mass is 182 g/mol. The first-order valence-corrected chi connectivity index (χ1v) is 5.75. The summed E-state index contributed by atoms with van der Waals surface area (Å²) < 4.78 is 0. The van der Waals surface area contributed by atoms with Crippen LogP contribution < -0.4 is 0 Å². The smallest absolute Gasteiger partial charge is 0.0112 e. The topological polar surface area (TPSA) is 6.48 Å². The molecule has 1 saturated heterocycles. The van der Waals surface area contributed by atoms with Gasteiger partial charge in [0, 0.05) is 25.2 Å². The Morgan fingerprint density at radius 1 is 1.00 bits per heavy atom. The van der Waals surface area contributed by atoms with Crippen LogP contribution in [0.5, 0.6) is 0 Å². The molecule has 0 aromatic rings. The maximum absolute atomic E-state index is 2.70. The molecule has 2 aliphatic rings. The van der Waals surface area contributed by atoms with Gasteiger partial charge < -0.3 is 0 Å². The first-order chi connectivity index (χ1) is 6.27. The van der Waals surface area contributed by atoms with Crippen molar-refractivity contribution in [2.45, 2.75) is 45.2 Å². The van der Waals surface area contributed by atoms with E-state index in [-0.39, 0.29) is 0 Å². The zero-order chi connectivity index (χ0) is 9.26. The van der Waals surface area contributed by atoms with Crippen molar-refractivity contribution in [3.63, 3.8) is 0 Å². The summed E-state index contributed by atoms with van der Waals surface area (Å²) in [6, 6.07) is 1.70. The van der Waals surface area contributed by atoms with Crippen LogP contribution >= 0.6 is 0 Å². The van der Waals surface area contributed by atoms with Gasteiger partial charge in [-0.15, -0.1) is 0 Å². The van der Waals surface area contributed by atoms with Crippen molar-refractivity contribution in [1.29, 1.82) is 0 Å². The lowest BCUT2D eigenvalue weighted by Gasteiger charge is -2.24. The fourth-order valence-electron chi connectivity index (χ4n) is 2.28. The summed E-state index contributed by atoms with van der Waals surface area (Å²) in [4.78, 5) is 5.31. The zero-order valence-electron chi connectivity index (χ0n) is 9.00. The van der Waals surface area contributed by atoms with Crippen LogP contribution in [0.2, 0.25) is 0 Å². The van der Waals surface area contributed by atoms with Gasteiger partial charge in [0.25, 0.3) is 0 Å². The molecule has 2 heteroatoms. The second-order valence-corrected chi connectivity index (χ2v) is 4.75. The molecular weight excluding hydrogens is 160 g/mol. The van der Waals surface area contributed by atoms with Gasteiger partial charge in [-0.1, -0.05) is 0 Å². The number of nitrogens with zero attached hydrogens (tertiary/aromatic N) is 2. The molecule has 0 spiro atoms. The molecule has 13 heavy (non-hydrogen) atoms. The van der Waals surface area contributed by atoms with E-state index in [0.717, 1.165) is 12.1 Å². The molecule has 1 aliphatic carbocycles. The second-order valence-electron chi connectivity index (χ2n) is 4.75. The molecule has 1 aliphatic heterocycles. The van der Waals surface area contributed by atoms with Crippen LogP contribution in [0.3, 0.4) is 0 Å². The Balaban J connectivity index is 1.82. The minimum absolute atomic E-state index is 0.735. The minimum Gasteiger partial charge on any atom is -0.300 e. The first-order valence-electron chi connectivity index (χ1n) is 5.75. The zero-order valence-corrected chi connectivity index (χ0v) is 9.00. The van der Waals surface area contributed by atoms with Crippen LogP contribution in [-0.4, -0.2) is 48.1 Å². The molecule has 0 aromatic carbocycles. The Hall–Kier alpha value is -0.0800. The summed E-state index contributed by atoms with van der Waals surface area (Å²) in [5.74, 6) is 0. The normalized spacial score (nSPS) is 27.9. The lowest BCUT2D eigenvalue weighted by Crippen LogP contribution is -2.35. The highest BCUT2D eigenvalue weighted by atomic mass is 15.3. The predicted molar refractivity (Wildman–Crippen MR) is 55.9 cm³/mol. The average molecular weight is 182 g/mol. The van der Waals surface area contributed by atoms with Crippen LogP contribution in [0.1, 0.15) is 33.1 Å². The van der Waals surface area contributed by atoms with Gasteiger partial charge in [-0.05, 0) is 46.2 Å². The fourth-order valence-corrected chi connectivity index (χ4v) is 2.28. The summed E-state index contributed by atoms with van der Waals surface area (Å²) in [7, 11) is 0. The summed E-state index contributed by atoms with van der Waals surface area (Å²) in [6.45, 7) is 9.87. The summed E-state index contributed by atoms with van der Waals surface area (Å²) in [5, 5.41) is 0. The van der Waals surface area contributed by atoms with Crippen molar-refractivity contribution >= 4 is 0 Å². The lowest BCUT2D eigenvalue weighted by atomic mass is 10.3. The Morgan fingerprint density at radius 2 is 1.77 bits per heavy atom. The lowest BCUT2D eigenvalue weighted by molar-refractivity contribution is 0.217. The molecule has 0 N–H and O–H groups in total. The highest BCUT2D eigenvalue weighted by Gasteiger charge is 2.30. The molecule has 2 rings (SSSR count). The number of rotatable bonds is 2. The summed E-state index contributed by atoms with van der Waals surface area (Å²) in [5.41, 5.74) is 0. The maximum atomic E-state index is 2.70. The van der Waals surface area contributed by atoms with E-state index >= 15 is 0 Å².